The molecule has 21 heavy (non-hydrogen) atoms. The predicted octanol–water partition coefficient (Wildman–Crippen LogP) is 1.96. The molecular formula is C16H23NO4. The molecule has 1 unspecified atom stereocenters. The fourth-order valence-corrected chi connectivity index (χ4v) is 1.95. The molecule has 0 fully saturated rings. The highest BCUT2D eigenvalue weighted by atomic mass is 16.5. The van der Waals surface area contributed by atoms with Crippen molar-refractivity contribution in [1.82, 2.24) is 5.32 Å². The normalized spacial score (nSPS) is 13.4. The number of hydrogen-bond donors (Lipinski definition) is 2. The SMILES string of the molecule is CCOCCCC(=O)NCC(C)(C(=O)O)c1ccccc1. The summed E-state index contributed by atoms with van der Waals surface area (Å²) in [5.74, 6) is -1.11. The Morgan fingerprint density at radius 1 is 1.29 bits per heavy atom. The van der Waals surface area contributed by atoms with Crippen LogP contribution in [0.3, 0.4) is 0 Å². The van der Waals surface area contributed by atoms with E-state index in [-0.39, 0.29) is 12.5 Å². The number of rotatable bonds is 9. The predicted molar refractivity (Wildman–Crippen MR) is 80.2 cm³/mol. The lowest BCUT2D eigenvalue weighted by Gasteiger charge is -2.25. The van der Waals surface area contributed by atoms with Gasteiger partial charge in [0.25, 0.3) is 0 Å². The largest absolute Gasteiger partial charge is 0.481 e. The van der Waals surface area contributed by atoms with Crippen molar-refractivity contribution in [2.24, 2.45) is 0 Å². The number of hydrogen-bond acceptors (Lipinski definition) is 3. The Balaban J connectivity index is 2.56. The van der Waals surface area contributed by atoms with Gasteiger partial charge in [-0.3, -0.25) is 9.59 Å². The second-order valence-electron chi connectivity index (χ2n) is 5.08. The van der Waals surface area contributed by atoms with Gasteiger partial charge in [-0.1, -0.05) is 30.3 Å². The smallest absolute Gasteiger partial charge is 0.315 e. The van der Waals surface area contributed by atoms with Crippen molar-refractivity contribution >= 4 is 11.9 Å². The third kappa shape index (κ3) is 5.19. The van der Waals surface area contributed by atoms with Crippen LogP contribution in [0.15, 0.2) is 30.3 Å². The summed E-state index contributed by atoms with van der Waals surface area (Å²) in [4.78, 5) is 23.3. The maximum atomic E-state index is 11.7. The molecule has 1 atom stereocenters. The summed E-state index contributed by atoms with van der Waals surface area (Å²) >= 11 is 0. The highest BCUT2D eigenvalue weighted by Gasteiger charge is 2.35. The molecule has 0 saturated carbocycles. The molecule has 0 spiro atoms. The van der Waals surface area contributed by atoms with Crippen molar-refractivity contribution in [3.63, 3.8) is 0 Å². The molecule has 0 bridgehead atoms. The lowest BCUT2D eigenvalue weighted by molar-refractivity contribution is -0.143. The molecule has 5 heteroatoms. The molecular weight excluding hydrogens is 270 g/mol. The first-order valence-electron chi connectivity index (χ1n) is 7.14. The molecule has 0 aromatic heterocycles. The van der Waals surface area contributed by atoms with Crippen LogP contribution in [0.5, 0.6) is 0 Å². The maximum Gasteiger partial charge on any atom is 0.315 e. The lowest BCUT2D eigenvalue weighted by atomic mass is 9.82. The number of carbonyl (C=O) groups excluding carboxylic acids is 1. The molecule has 116 valence electrons. The molecule has 1 rings (SSSR count). The first-order chi connectivity index (χ1) is 10.0. The zero-order valence-electron chi connectivity index (χ0n) is 12.6. The number of aliphatic carboxylic acids is 1. The second-order valence-corrected chi connectivity index (χ2v) is 5.08. The fourth-order valence-electron chi connectivity index (χ4n) is 1.95. The molecule has 0 heterocycles. The van der Waals surface area contributed by atoms with Crippen molar-refractivity contribution in [3.05, 3.63) is 35.9 Å². The number of benzene rings is 1. The Labute approximate surface area is 125 Å². The van der Waals surface area contributed by atoms with E-state index < -0.39 is 11.4 Å². The van der Waals surface area contributed by atoms with Gasteiger partial charge in [0, 0.05) is 26.2 Å². The van der Waals surface area contributed by atoms with Gasteiger partial charge >= 0.3 is 5.97 Å². The molecule has 0 radical (unpaired) electrons. The Bertz CT molecular complexity index is 461. The van der Waals surface area contributed by atoms with E-state index in [1.54, 1.807) is 31.2 Å². The topological polar surface area (TPSA) is 75.6 Å². The molecule has 1 amide bonds. The Kier molecular flexibility index (Phi) is 6.88. The lowest BCUT2D eigenvalue weighted by Crippen LogP contribution is -2.44. The standard InChI is InChI=1S/C16H23NO4/c1-3-21-11-7-10-14(18)17-12-16(2,15(19)20)13-8-5-4-6-9-13/h4-6,8-9H,3,7,10-12H2,1-2H3,(H,17,18)(H,19,20). The number of carboxylic acids is 1. The number of nitrogens with one attached hydrogen (secondary N) is 1. The molecule has 0 saturated heterocycles. The van der Waals surface area contributed by atoms with Crippen LogP contribution in [0, 0.1) is 0 Å². The van der Waals surface area contributed by atoms with Gasteiger partial charge in [-0.05, 0) is 25.8 Å². The van der Waals surface area contributed by atoms with Crippen LogP contribution in [-0.2, 0) is 19.7 Å². The monoisotopic (exact) mass is 293 g/mol. The number of amides is 1. The van der Waals surface area contributed by atoms with Crippen molar-refractivity contribution in [1.29, 1.82) is 0 Å². The summed E-state index contributed by atoms with van der Waals surface area (Å²) in [6.45, 7) is 4.76. The van der Waals surface area contributed by atoms with E-state index >= 15 is 0 Å². The van der Waals surface area contributed by atoms with Gasteiger partial charge in [0.05, 0.1) is 0 Å². The molecule has 0 aliphatic carbocycles. The summed E-state index contributed by atoms with van der Waals surface area (Å²) < 4.78 is 5.16. The van der Waals surface area contributed by atoms with Crippen molar-refractivity contribution < 1.29 is 19.4 Å². The highest BCUT2D eigenvalue weighted by molar-refractivity contribution is 5.83. The van der Waals surface area contributed by atoms with E-state index in [2.05, 4.69) is 5.32 Å². The Hall–Kier alpha value is -1.88. The van der Waals surface area contributed by atoms with E-state index in [1.807, 2.05) is 13.0 Å². The minimum absolute atomic E-state index is 0.0693. The number of carbonyl (C=O) groups is 2. The van der Waals surface area contributed by atoms with Gasteiger partial charge in [-0.15, -0.1) is 0 Å². The third-order valence-electron chi connectivity index (χ3n) is 3.42. The van der Waals surface area contributed by atoms with Crippen LogP contribution in [-0.4, -0.2) is 36.7 Å². The van der Waals surface area contributed by atoms with Crippen LogP contribution in [0.2, 0.25) is 0 Å². The van der Waals surface area contributed by atoms with E-state index in [4.69, 9.17) is 4.74 Å². The van der Waals surface area contributed by atoms with Gasteiger partial charge in [0.1, 0.15) is 5.41 Å². The first-order valence-corrected chi connectivity index (χ1v) is 7.14. The zero-order valence-corrected chi connectivity index (χ0v) is 12.6. The summed E-state index contributed by atoms with van der Waals surface area (Å²) in [7, 11) is 0. The minimum atomic E-state index is -1.13. The Morgan fingerprint density at radius 3 is 2.52 bits per heavy atom. The number of carboxylic acid groups (broad SMARTS) is 1. The van der Waals surface area contributed by atoms with Gasteiger partial charge in [0.2, 0.25) is 5.91 Å². The van der Waals surface area contributed by atoms with Crippen LogP contribution in [0.4, 0.5) is 0 Å². The fraction of sp³-hybridized carbons (Fsp3) is 0.500. The van der Waals surface area contributed by atoms with E-state index in [0.717, 1.165) is 0 Å². The van der Waals surface area contributed by atoms with Gasteiger partial charge in [-0.2, -0.15) is 0 Å². The zero-order chi connectivity index (χ0) is 15.7. The van der Waals surface area contributed by atoms with Crippen molar-refractivity contribution in [2.45, 2.75) is 32.1 Å². The van der Waals surface area contributed by atoms with Crippen molar-refractivity contribution in [3.8, 4) is 0 Å². The van der Waals surface area contributed by atoms with Gasteiger partial charge in [-0.25, -0.2) is 0 Å². The summed E-state index contributed by atoms with van der Waals surface area (Å²) in [5.41, 5.74) is -0.455. The Morgan fingerprint density at radius 2 is 1.95 bits per heavy atom. The molecule has 2 N–H and O–H groups in total. The average molecular weight is 293 g/mol. The highest BCUT2D eigenvalue weighted by Crippen LogP contribution is 2.23. The van der Waals surface area contributed by atoms with Gasteiger partial charge < -0.3 is 15.2 Å². The molecule has 5 nitrogen and oxygen atoms in total. The molecule has 0 aliphatic heterocycles. The van der Waals surface area contributed by atoms with E-state index in [0.29, 0.717) is 31.6 Å². The molecule has 0 aliphatic rings. The molecule has 1 aromatic rings. The first kappa shape index (κ1) is 17.2. The quantitative estimate of drug-likeness (QED) is 0.682. The van der Waals surface area contributed by atoms with Crippen LogP contribution >= 0.6 is 0 Å². The second kappa shape index (κ2) is 8.42. The van der Waals surface area contributed by atoms with E-state index in [9.17, 15) is 14.7 Å². The summed E-state index contributed by atoms with van der Waals surface area (Å²) in [5, 5.41) is 12.2. The van der Waals surface area contributed by atoms with Crippen LogP contribution in [0.25, 0.3) is 0 Å². The van der Waals surface area contributed by atoms with Gasteiger partial charge in [0.15, 0.2) is 0 Å². The summed E-state index contributed by atoms with van der Waals surface area (Å²) in [6.07, 6.45) is 0.972. The molecule has 1 aromatic carbocycles. The van der Waals surface area contributed by atoms with Crippen LogP contribution in [0.1, 0.15) is 32.3 Å². The van der Waals surface area contributed by atoms with Crippen molar-refractivity contribution in [2.75, 3.05) is 19.8 Å². The van der Waals surface area contributed by atoms with E-state index in [1.165, 1.54) is 0 Å². The average Bonchev–Trinajstić information content (AvgIpc) is 2.50. The maximum absolute atomic E-state index is 11.7. The third-order valence-corrected chi connectivity index (χ3v) is 3.42. The minimum Gasteiger partial charge on any atom is -0.481 e. The van der Waals surface area contributed by atoms with Crippen LogP contribution < -0.4 is 5.32 Å². The summed E-state index contributed by atoms with van der Waals surface area (Å²) in [6, 6.07) is 8.93. The number of ether oxygens (including phenoxy) is 1.